The third kappa shape index (κ3) is 2.66. The summed E-state index contributed by atoms with van der Waals surface area (Å²) in [6.07, 6.45) is -0.278. The second-order valence-electron chi connectivity index (χ2n) is 3.71. The van der Waals surface area contributed by atoms with Crippen molar-refractivity contribution in [2.24, 2.45) is 0 Å². The van der Waals surface area contributed by atoms with Gasteiger partial charge >= 0.3 is 6.09 Å². The van der Waals surface area contributed by atoms with Crippen molar-refractivity contribution < 1.29 is 18.3 Å². The Morgan fingerprint density at radius 2 is 2.12 bits per heavy atom. The van der Waals surface area contributed by atoms with Gasteiger partial charge in [0.1, 0.15) is 11.6 Å². The number of nitrogens with one attached hydrogen (secondary N) is 1. The standard InChI is InChI=1S/C11H11F2NO2.ClH/c1-6-2-3-7(12)9(10(6)13)8-4-5-16-11(15)14-8;/h2-3,8H,4-5H2,1H3,(H,14,15);1H/t8-;/m0./s1. The normalized spacial score (nSPS) is 19.0. The molecule has 1 amide bonds. The van der Waals surface area contributed by atoms with Crippen LogP contribution in [0.15, 0.2) is 12.1 Å². The number of carbonyl (C=O) groups is 1. The Bertz CT molecular complexity index is 440. The van der Waals surface area contributed by atoms with Gasteiger partial charge in [0.2, 0.25) is 0 Å². The van der Waals surface area contributed by atoms with E-state index in [2.05, 4.69) is 10.1 Å². The van der Waals surface area contributed by atoms with E-state index in [1.807, 2.05) is 0 Å². The van der Waals surface area contributed by atoms with E-state index < -0.39 is 23.8 Å². The molecule has 0 aliphatic carbocycles. The van der Waals surface area contributed by atoms with Crippen molar-refractivity contribution in [1.29, 1.82) is 0 Å². The molecule has 17 heavy (non-hydrogen) atoms. The maximum atomic E-state index is 13.7. The number of rotatable bonds is 1. The highest BCUT2D eigenvalue weighted by Gasteiger charge is 2.26. The van der Waals surface area contributed by atoms with E-state index in [1.54, 1.807) is 6.92 Å². The summed E-state index contributed by atoms with van der Waals surface area (Å²) in [4.78, 5) is 11.0. The summed E-state index contributed by atoms with van der Waals surface area (Å²) in [6.45, 7) is 1.72. The van der Waals surface area contributed by atoms with Gasteiger partial charge in [-0.1, -0.05) is 6.07 Å². The summed E-state index contributed by atoms with van der Waals surface area (Å²) >= 11 is 0. The van der Waals surface area contributed by atoms with Gasteiger partial charge in [-0.05, 0) is 18.6 Å². The maximum Gasteiger partial charge on any atom is 0.407 e. The van der Waals surface area contributed by atoms with Crippen LogP contribution in [0.25, 0.3) is 0 Å². The Kier molecular flexibility index (Phi) is 4.28. The molecule has 1 N–H and O–H groups in total. The Hall–Kier alpha value is -1.36. The average Bonchev–Trinajstić information content (AvgIpc) is 2.24. The number of halogens is 3. The Morgan fingerprint density at radius 3 is 2.76 bits per heavy atom. The third-order valence-electron chi connectivity index (χ3n) is 2.60. The number of carbonyl (C=O) groups excluding carboxylic acids is 1. The first-order valence-electron chi connectivity index (χ1n) is 4.97. The molecule has 1 aromatic carbocycles. The molecule has 1 aromatic rings. The molecule has 1 aliphatic heterocycles. The second kappa shape index (κ2) is 5.31. The first-order valence-corrected chi connectivity index (χ1v) is 4.97. The Balaban J connectivity index is 0.00000144. The summed E-state index contributed by atoms with van der Waals surface area (Å²) in [7, 11) is 0. The molecule has 1 saturated heterocycles. The second-order valence-corrected chi connectivity index (χ2v) is 3.71. The number of alkyl carbamates (subject to hydrolysis) is 1. The monoisotopic (exact) mass is 263 g/mol. The van der Waals surface area contributed by atoms with E-state index in [-0.39, 0.29) is 24.6 Å². The van der Waals surface area contributed by atoms with E-state index in [4.69, 9.17) is 0 Å². The summed E-state index contributed by atoms with van der Waals surface area (Å²) in [5.74, 6) is -1.25. The van der Waals surface area contributed by atoms with Gasteiger partial charge in [-0.15, -0.1) is 12.4 Å². The summed E-state index contributed by atoms with van der Waals surface area (Å²) in [5.41, 5.74) is 0.272. The summed E-state index contributed by atoms with van der Waals surface area (Å²) in [6, 6.07) is 1.92. The first kappa shape index (κ1) is 13.7. The van der Waals surface area contributed by atoms with Gasteiger partial charge in [0.15, 0.2) is 0 Å². The molecule has 0 spiro atoms. The largest absolute Gasteiger partial charge is 0.449 e. The molecule has 0 bridgehead atoms. The number of aryl methyl sites for hydroxylation is 1. The molecule has 0 radical (unpaired) electrons. The molecule has 0 unspecified atom stereocenters. The molecule has 1 heterocycles. The van der Waals surface area contributed by atoms with Crippen LogP contribution in [0.3, 0.4) is 0 Å². The molecule has 6 heteroatoms. The van der Waals surface area contributed by atoms with Crippen LogP contribution >= 0.6 is 12.4 Å². The minimum atomic E-state index is -0.652. The van der Waals surface area contributed by atoms with Crippen molar-refractivity contribution in [3.05, 3.63) is 34.9 Å². The smallest absolute Gasteiger partial charge is 0.407 e. The van der Waals surface area contributed by atoms with Crippen LogP contribution in [0, 0.1) is 18.6 Å². The molecule has 0 aromatic heterocycles. The highest BCUT2D eigenvalue weighted by molar-refractivity contribution is 5.85. The van der Waals surface area contributed by atoms with Crippen LogP contribution in [0.4, 0.5) is 13.6 Å². The highest BCUT2D eigenvalue weighted by atomic mass is 35.5. The average molecular weight is 264 g/mol. The zero-order valence-electron chi connectivity index (χ0n) is 9.13. The van der Waals surface area contributed by atoms with E-state index in [9.17, 15) is 13.6 Å². The molecule has 3 nitrogen and oxygen atoms in total. The van der Waals surface area contributed by atoms with Gasteiger partial charge in [-0.2, -0.15) is 0 Å². The van der Waals surface area contributed by atoms with Crippen molar-refractivity contribution in [2.45, 2.75) is 19.4 Å². The Morgan fingerprint density at radius 1 is 1.41 bits per heavy atom. The van der Waals surface area contributed by atoms with Crippen LogP contribution in [0.5, 0.6) is 0 Å². The lowest BCUT2D eigenvalue weighted by atomic mass is 10.00. The van der Waals surface area contributed by atoms with Crippen molar-refractivity contribution in [3.63, 3.8) is 0 Å². The first-order chi connectivity index (χ1) is 7.59. The third-order valence-corrected chi connectivity index (χ3v) is 2.60. The minimum absolute atomic E-state index is 0. The summed E-state index contributed by atoms with van der Waals surface area (Å²) in [5, 5.41) is 2.40. The molecule has 1 aliphatic rings. The van der Waals surface area contributed by atoms with Crippen LogP contribution in [0.1, 0.15) is 23.6 Å². The molecular formula is C11H12ClF2NO2. The van der Waals surface area contributed by atoms with Gasteiger partial charge in [0.25, 0.3) is 0 Å². The van der Waals surface area contributed by atoms with Crippen molar-refractivity contribution >= 4 is 18.5 Å². The number of ether oxygens (including phenoxy) is 1. The molecule has 1 fully saturated rings. The fourth-order valence-electron chi connectivity index (χ4n) is 1.74. The zero-order chi connectivity index (χ0) is 11.7. The van der Waals surface area contributed by atoms with E-state index in [0.29, 0.717) is 12.0 Å². The predicted molar refractivity (Wildman–Crippen MR) is 60.2 cm³/mol. The molecule has 1 atom stereocenters. The topological polar surface area (TPSA) is 38.3 Å². The van der Waals surface area contributed by atoms with E-state index >= 15 is 0 Å². The van der Waals surface area contributed by atoms with Crippen LogP contribution < -0.4 is 5.32 Å². The SMILES string of the molecule is Cc1ccc(F)c([C@@H]2CCOC(=O)N2)c1F.Cl. The quantitative estimate of drug-likeness (QED) is 0.846. The number of cyclic esters (lactones) is 1. The fourth-order valence-corrected chi connectivity index (χ4v) is 1.74. The van der Waals surface area contributed by atoms with Gasteiger partial charge in [-0.25, -0.2) is 13.6 Å². The number of benzene rings is 1. The Labute approximate surface area is 104 Å². The van der Waals surface area contributed by atoms with Gasteiger partial charge in [-0.3, -0.25) is 0 Å². The minimum Gasteiger partial charge on any atom is -0.449 e. The van der Waals surface area contributed by atoms with Crippen molar-refractivity contribution in [2.75, 3.05) is 6.61 Å². The predicted octanol–water partition coefficient (Wildman–Crippen LogP) is 2.87. The van der Waals surface area contributed by atoms with Crippen LogP contribution in [-0.2, 0) is 4.74 Å². The van der Waals surface area contributed by atoms with Crippen molar-refractivity contribution in [3.8, 4) is 0 Å². The number of amides is 1. The molecule has 0 saturated carbocycles. The lowest BCUT2D eigenvalue weighted by Crippen LogP contribution is -2.36. The van der Waals surface area contributed by atoms with Gasteiger partial charge in [0, 0.05) is 12.0 Å². The lowest BCUT2D eigenvalue weighted by molar-refractivity contribution is 0.114. The fraction of sp³-hybridized carbons (Fsp3) is 0.364. The van der Waals surface area contributed by atoms with Crippen LogP contribution in [-0.4, -0.2) is 12.7 Å². The number of hydrogen-bond donors (Lipinski definition) is 1. The maximum absolute atomic E-state index is 13.7. The summed E-state index contributed by atoms with van der Waals surface area (Å²) < 4.78 is 31.9. The van der Waals surface area contributed by atoms with Crippen LogP contribution in [0.2, 0.25) is 0 Å². The highest BCUT2D eigenvalue weighted by Crippen LogP contribution is 2.27. The molecule has 94 valence electrons. The lowest BCUT2D eigenvalue weighted by Gasteiger charge is -2.24. The zero-order valence-corrected chi connectivity index (χ0v) is 9.94. The van der Waals surface area contributed by atoms with Crippen molar-refractivity contribution in [1.82, 2.24) is 5.32 Å². The van der Waals surface area contributed by atoms with E-state index in [1.165, 1.54) is 12.1 Å². The molecule has 2 rings (SSSR count). The number of hydrogen-bond acceptors (Lipinski definition) is 2. The van der Waals surface area contributed by atoms with Gasteiger partial charge in [0.05, 0.1) is 12.6 Å². The molecular weight excluding hydrogens is 252 g/mol. The van der Waals surface area contributed by atoms with Gasteiger partial charge < -0.3 is 10.1 Å². The van der Waals surface area contributed by atoms with E-state index in [0.717, 1.165) is 0 Å².